The van der Waals surface area contributed by atoms with Crippen LogP contribution in [0.15, 0.2) is 66.2 Å². The Balaban J connectivity index is 1.27. The minimum Gasteiger partial charge on any atom is -0.459 e. The first-order chi connectivity index (χ1) is 19.9. The Labute approximate surface area is 248 Å². The molecule has 0 spiro atoms. The number of esters is 1. The van der Waals surface area contributed by atoms with Crippen molar-refractivity contribution in [3.8, 4) is 22.4 Å². The summed E-state index contributed by atoms with van der Waals surface area (Å²) in [7, 11) is -3.54. The van der Waals surface area contributed by atoms with Gasteiger partial charge in [0.05, 0.1) is 29.2 Å². The number of hydrogen-bond acceptors (Lipinski definition) is 8. The van der Waals surface area contributed by atoms with Crippen LogP contribution in [0.2, 0.25) is 0 Å². The highest BCUT2D eigenvalue weighted by atomic mass is 32.2. The number of carbonyl (C=O) groups excluding carboxylic acids is 3. The van der Waals surface area contributed by atoms with E-state index in [0.29, 0.717) is 35.0 Å². The second kappa shape index (κ2) is 11.5. The normalized spacial score (nSPS) is 14.9. The molecule has 1 aliphatic heterocycles. The molecule has 0 aliphatic carbocycles. The smallest absolute Gasteiger partial charge is 0.338 e. The van der Waals surface area contributed by atoms with Crippen LogP contribution in [0.1, 0.15) is 46.7 Å². The van der Waals surface area contributed by atoms with Crippen molar-refractivity contribution in [2.24, 2.45) is 0 Å². The molecule has 2 aromatic carbocycles. The van der Waals surface area contributed by atoms with Crippen molar-refractivity contribution >= 4 is 44.3 Å². The summed E-state index contributed by atoms with van der Waals surface area (Å²) in [6.07, 6.45) is 2.63. The maximum absolute atomic E-state index is 13.0. The Bertz CT molecular complexity index is 1790. The van der Waals surface area contributed by atoms with E-state index in [-0.39, 0.29) is 23.5 Å². The summed E-state index contributed by atoms with van der Waals surface area (Å²) < 4.78 is 30.2. The lowest BCUT2D eigenvalue weighted by Gasteiger charge is -2.39. The molecule has 0 bridgehead atoms. The Kier molecular flexibility index (Phi) is 8.02. The predicted molar refractivity (Wildman–Crippen MR) is 161 cm³/mol. The molecule has 0 saturated carbocycles. The number of nitrogens with one attached hydrogen (secondary N) is 1. The second-order valence-corrected chi connectivity index (χ2v) is 13.1. The minimum atomic E-state index is -3.54. The predicted octanol–water partition coefficient (Wildman–Crippen LogP) is 4.81. The molecule has 218 valence electrons. The van der Waals surface area contributed by atoms with Gasteiger partial charge in [-0.25, -0.2) is 22.2 Å². The first-order valence-corrected chi connectivity index (χ1v) is 16.0. The van der Waals surface area contributed by atoms with Crippen LogP contribution < -0.4 is 5.32 Å². The SMILES string of the molecule is Cc1cc(C(=O)N2CC[C@H]2C(=O)Nc2nc(-c3cccc(-c4cccc(C(=O)OC(C)C)c4)c3)cs2)cn1S(C)(=O)=O. The fourth-order valence-corrected chi connectivity index (χ4v) is 6.32. The first-order valence-electron chi connectivity index (χ1n) is 13.3. The summed E-state index contributed by atoms with van der Waals surface area (Å²) in [6, 6.07) is 15.8. The molecule has 4 aromatic rings. The van der Waals surface area contributed by atoms with Crippen molar-refractivity contribution < 1.29 is 27.5 Å². The lowest BCUT2D eigenvalue weighted by Crippen LogP contribution is -2.56. The number of anilines is 1. The fourth-order valence-electron chi connectivity index (χ4n) is 4.72. The van der Waals surface area contributed by atoms with E-state index < -0.39 is 22.0 Å². The van der Waals surface area contributed by atoms with Crippen molar-refractivity contribution in [1.82, 2.24) is 13.9 Å². The van der Waals surface area contributed by atoms with E-state index >= 15 is 0 Å². The highest BCUT2D eigenvalue weighted by molar-refractivity contribution is 7.89. The number of rotatable bonds is 8. The van der Waals surface area contributed by atoms with Crippen LogP contribution in [0.5, 0.6) is 0 Å². The van der Waals surface area contributed by atoms with Crippen LogP contribution in [0, 0.1) is 6.92 Å². The Morgan fingerprint density at radius 2 is 1.71 bits per heavy atom. The molecule has 1 atom stereocenters. The number of ether oxygens (including phenoxy) is 1. The molecule has 1 fully saturated rings. The zero-order chi connectivity index (χ0) is 30.2. The summed E-state index contributed by atoms with van der Waals surface area (Å²) in [6.45, 7) is 5.61. The van der Waals surface area contributed by atoms with Gasteiger partial charge in [-0.05, 0) is 62.6 Å². The zero-order valence-corrected chi connectivity index (χ0v) is 25.2. The molecule has 2 aromatic heterocycles. The highest BCUT2D eigenvalue weighted by Crippen LogP contribution is 2.30. The van der Waals surface area contributed by atoms with Gasteiger partial charge in [0.15, 0.2) is 5.13 Å². The van der Waals surface area contributed by atoms with Crippen molar-refractivity contribution in [2.75, 3.05) is 18.1 Å². The summed E-state index contributed by atoms with van der Waals surface area (Å²) >= 11 is 1.27. The largest absolute Gasteiger partial charge is 0.459 e. The monoisotopic (exact) mass is 606 g/mol. The number of aryl methyl sites for hydroxylation is 1. The number of benzene rings is 2. The van der Waals surface area contributed by atoms with Crippen LogP contribution in [0.25, 0.3) is 22.4 Å². The molecule has 2 amide bonds. The average Bonchev–Trinajstić information content (AvgIpc) is 3.54. The second-order valence-electron chi connectivity index (χ2n) is 10.4. The van der Waals surface area contributed by atoms with Crippen molar-refractivity contribution in [3.05, 3.63) is 83.0 Å². The summed E-state index contributed by atoms with van der Waals surface area (Å²) in [5.74, 6) is -1.13. The number of likely N-dealkylation sites (tertiary alicyclic amines) is 1. The van der Waals surface area contributed by atoms with Gasteiger partial charge in [-0.2, -0.15) is 0 Å². The van der Waals surface area contributed by atoms with Crippen LogP contribution in [-0.4, -0.2) is 65.0 Å². The number of nitrogens with zero attached hydrogens (tertiary/aromatic N) is 3. The lowest BCUT2D eigenvalue weighted by atomic mass is 10.0. The Hall–Kier alpha value is -4.29. The van der Waals surface area contributed by atoms with Gasteiger partial charge in [-0.15, -0.1) is 11.3 Å². The number of hydrogen-bond donors (Lipinski definition) is 1. The standard InChI is InChI=1S/C30H30N4O6S2/c1-18(2)40-29(37)23-10-6-8-21(15-23)20-7-5-9-22(14-20)25-17-41-30(31-25)32-27(35)26-11-12-33(26)28(36)24-13-19(3)34(16-24)42(4,38)39/h5-10,13-18,26H,11-12H2,1-4H3,(H,31,32,35)/t26-/m0/s1. The number of thiazole rings is 1. The maximum atomic E-state index is 13.0. The first kappa shape index (κ1) is 29.2. The molecular formula is C30H30N4O6S2. The van der Waals surface area contributed by atoms with Crippen molar-refractivity contribution in [3.63, 3.8) is 0 Å². The molecule has 5 rings (SSSR count). The van der Waals surface area contributed by atoms with Crippen molar-refractivity contribution in [2.45, 2.75) is 39.3 Å². The van der Waals surface area contributed by atoms with E-state index in [1.807, 2.05) is 41.8 Å². The van der Waals surface area contributed by atoms with Gasteiger partial charge in [0.1, 0.15) is 6.04 Å². The third kappa shape index (κ3) is 6.14. The van der Waals surface area contributed by atoms with Gasteiger partial charge in [-0.3, -0.25) is 9.59 Å². The molecule has 12 heteroatoms. The molecule has 42 heavy (non-hydrogen) atoms. The van der Waals surface area contributed by atoms with Gasteiger partial charge in [0.2, 0.25) is 15.9 Å². The number of carbonyl (C=O) groups is 3. The van der Waals surface area contributed by atoms with E-state index in [9.17, 15) is 22.8 Å². The molecule has 1 aliphatic rings. The zero-order valence-electron chi connectivity index (χ0n) is 23.5. The molecule has 3 heterocycles. The van der Waals surface area contributed by atoms with Crippen LogP contribution >= 0.6 is 11.3 Å². The Morgan fingerprint density at radius 1 is 1.02 bits per heavy atom. The molecule has 10 nitrogen and oxygen atoms in total. The van der Waals surface area contributed by atoms with Gasteiger partial charge < -0.3 is 15.0 Å². The van der Waals surface area contributed by atoms with Gasteiger partial charge >= 0.3 is 5.97 Å². The quantitative estimate of drug-likeness (QED) is 0.285. The van der Waals surface area contributed by atoms with E-state index in [2.05, 4.69) is 10.3 Å². The third-order valence-corrected chi connectivity index (χ3v) is 8.69. The van der Waals surface area contributed by atoms with Crippen LogP contribution in [-0.2, 0) is 19.6 Å². The molecule has 0 unspecified atom stereocenters. The lowest BCUT2D eigenvalue weighted by molar-refractivity contribution is -0.123. The fraction of sp³-hybridized carbons (Fsp3) is 0.267. The Morgan fingerprint density at radius 3 is 2.36 bits per heavy atom. The van der Waals surface area contributed by atoms with Crippen LogP contribution in [0.4, 0.5) is 5.13 Å². The van der Waals surface area contributed by atoms with Gasteiger partial charge in [0.25, 0.3) is 5.91 Å². The van der Waals surface area contributed by atoms with Crippen molar-refractivity contribution in [1.29, 1.82) is 0 Å². The van der Waals surface area contributed by atoms with Gasteiger partial charge in [0, 0.05) is 29.4 Å². The summed E-state index contributed by atoms with van der Waals surface area (Å²) in [5, 5.41) is 5.05. The molecule has 0 radical (unpaired) electrons. The summed E-state index contributed by atoms with van der Waals surface area (Å²) in [4.78, 5) is 44.4. The number of amides is 2. The van der Waals surface area contributed by atoms with Gasteiger partial charge in [-0.1, -0.05) is 30.3 Å². The van der Waals surface area contributed by atoms with E-state index in [1.54, 1.807) is 32.9 Å². The molecule has 1 N–H and O–H groups in total. The van der Waals surface area contributed by atoms with E-state index in [1.165, 1.54) is 28.5 Å². The van der Waals surface area contributed by atoms with E-state index in [4.69, 9.17) is 4.74 Å². The average molecular weight is 607 g/mol. The molecule has 1 saturated heterocycles. The molecular weight excluding hydrogens is 576 g/mol. The third-order valence-electron chi connectivity index (χ3n) is 6.82. The maximum Gasteiger partial charge on any atom is 0.338 e. The number of aromatic nitrogens is 2. The minimum absolute atomic E-state index is 0.212. The van der Waals surface area contributed by atoms with Crippen LogP contribution in [0.3, 0.4) is 0 Å². The highest BCUT2D eigenvalue weighted by Gasteiger charge is 2.39. The summed E-state index contributed by atoms with van der Waals surface area (Å²) in [5.41, 5.74) is 4.37. The van der Waals surface area contributed by atoms with E-state index in [0.717, 1.165) is 26.9 Å². The topological polar surface area (TPSA) is 128 Å².